The minimum Gasteiger partial charge on any atom is -0.335 e. The van der Waals surface area contributed by atoms with Crippen LogP contribution in [0.25, 0.3) is 0 Å². The van der Waals surface area contributed by atoms with Crippen LogP contribution in [0.15, 0.2) is 42.7 Å². The highest BCUT2D eigenvalue weighted by molar-refractivity contribution is 5.94. The van der Waals surface area contributed by atoms with E-state index in [1.165, 1.54) is 29.4 Å². The second kappa shape index (κ2) is 5.48. The lowest BCUT2D eigenvalue weighted by atomic mass is 9.93. The summed E-state index contributed by atoms with van der Waals surface area (Å²) in [5, 5.41) is 0. The minimum atomic E-state index is -1.70. The third-order valence-electron chi connectivity index (χ3n) is 3.99. The lowest BCUT2D eigenvalue weighted by Crippen LogP contribution is -2.32. The number of hydrogen-bond donors (Lipinski definition) is 0. The topological polar surface area (TPSA) is 33.2 Å². The molecule has 1 amide bonds. The van der Waals surface area contributed by atoms with Gasteiger partial charge in [-0.3, -0.25) is 9.78 Å². The first-order valence-electron chi connectivity index (χ1n) is 7.14. The van der Waals surface area contributed by atoms with Crippen LogP contribution < -0.4 is 0 Å². The highest BCUT2D eigenvalue weighted by atomic mass is 19.1. The number of rotatable bonds is 2. The zero-order valence-corrected chi connectivity index (χ0v) is 12.2. The van der Waals surface area contributed by atoms with Crippen molar-refractivity contribution >= 4 is 5.91 Å². The summed E-state index contributed by atoms with van der Waals surface area (Å²) in [6.45, 7) is 1.98. The third kappa shape index (κ3) is 2.71. The first-order chi connectivity index (χ1) is 10.5. The number of carbonyl (C=O) groups excluding carboxylic acids is 1. The van der Waals surface area contributed by atoms with E-state index in [-0.39, 0.29) is 18.9 Å². The van der Waals surface area contributed by atoms with E-state index in [4.69, 9.17) is 0 Å². The van der Waals surface area contributed by atoms with Crippen LogP contribution in [0.4, 0.5) is 8.78 Å². The quantitative estimate of drug-likeness (QED) is 0.853. The molecule has 1 aliphatic heterocycles. The molecule has 0 bridgehead atoms. The van der Waals surface area contributed by atoms with E-state index in [9.17, 15) is 9.18 Å². The average Bonchev–Trinajstić information content (AvgIpc) is 2.90. The summed E-state index contributed by atoms with van der Waals surface area (Å²) in [5.74, 6) is -0.680. The summed E-state index contributed by atoms with van der Waals surface area (Å²) in [5.41, 5.74) is -0.245. The predicted octanol–water partition coefficient (Wildman–Crippen LogP) is 3.24. The fourth-order valence-electron chi connectivity index (χ4n) is 2.85. The van der Waals surface area contributed by atoms with E-state index in [1.54, 1.807) is 25.1 Å². The van der Waals surface area contributed by atoms with Crippen molar-refractivity contribution in [3.8, 4) is 0 Å². The number of nitrogens with zero attached hydrogens (tertiary/aromatic N) is 2. The SMILES string of the molecule is Cc1cc(F)cc([C@@]2(F)CCN(C(=O)c3ccncc3)C2)c1. The Morgan fingerprint density at radius 1 is 1.27 bits per heavy atom. The maximum absolute atomic E-state index is 15.2. The van der Waals surface area contributed by atoms with Crippen LogP contribution in [0.2, 0.25) is 0 Å². The summed E-state index contributed by atoms with van der Waals surface area (Å²) in [4.78, 5) is 17.7. The van der Waals surface area contributed by atoms with Crippen molar-refractivity contribution in [3.63, 3.8) is 0 Å². The van der Waals surface area contributed by atoms with Crippen LogP contribution in [0.5, 0.6) is 0 Å². The Bertz CT molecular complexity index is 685. The third-order valence-corrected chi connectivity index (χ3v) is 3.99. The van der Waals surface area contributed by atoms with Crippen molar-refractivity contribution in [1.29, 1.82) is 0 Å². The van der Waals surface area contributed by atoms with Crippen LogP contribution >= 0.6 is 0 Å². The lowest BCUT2D eigenvalue weighted by Gasteiger charge is -2.22. The summed E-state index contributed by atoms with van der Waals surface area (Å²) < 4.78 is 28.7. The Kier molecular flexibility index (Phi) is 3.64. The van der Waals surface area contributed by atoms with Gasteiger partial charge in [0.15, 0.2) is 5.67 Å². The Hall–Kier alpha value is -2.30. The molecule has 2 heterocycles. The molecular formula is C17H16F2N2O. The van der Waals surface area contributed by atoms with Gasteiger partial charge in [0, 0.05) is 30.9 Å². The molecule has 0 saturated carbocycles. The number of alkyl halides is 1. The summed E-state index contributed by atoms with van der Waals surface area (Å²) in [7, 11) is 0. The van der Waals surface area contributed by atoms with Crippen molar-refractivity contribution in [3.05, 3.63) is 65.2 Å². The molecule has 1 atom stereocenters. The number of likely N-dealkylation sites (tertiary alicyclic amines) is 1. The summed E-state index contributed by atoms with van der Waals surface area (Å²) in [6.07, 6.45) is 3.23. The van der Waals surface area contributed by atoms with Gasteiger partial charge >= 0.3 is 0 Å². The first-order valence-corrected chi connectivity index (χ1v) is 7.14. The predicted molar refractivity (Wildman–Crippen MR) is 78.7 cm³/mol. The van der Waals surface area contributed by atoms with Gasteiger partial charge in [-0.25, -0.2) is 8.78 Å². The number of aryl methyl sites for hydroxylation is 1. The fourth-order valence-corrected chi connectivity index (χ4v) is 2.85. The van der Waals surface area contributed by atoms with Gasteiger partial charge in [-0.05, 0) is 42.3 Å². The highest BCUT2D eigenvalue weighted by Crippen LogP contribution is 2.37. The number of aromatic nitrogens is 1. The molecule has 5 heteroatoms. The van der Waals surface area contributed by atoms with Gasteiger partial charge in [0.05, 0.1) is 6.54 Å². The van der Waals surface area contributed by atoms with E-state index in [0.717, 1.165) is 0 Å². The van der Waals surface area contributed by atoms with Crippen molar-refractivity contribution < 1.29 is 13.6 Å². The molecule has 0 N–H and O–H groups in total. The van der Waals surface area contributed by atoms with Crippen molar-refractivity contribution in [2.24, 2.45) is 0 Å². The molecule has 1 aliphatic rings. The number of carbonyl (C=O) groups is 1. The number of benzene rings is 1. The Morgan fingerprint density at radius 2 is 2.00 bits per heavy atom. The van der Waals surface area contributed by atoms with Crippen molar-refractivity contribution in [2.75, 3.05) is 13.1 Å². The fraction of sp³-hybridized carbons (Fsp3) is 0.294. The van der Waals surface area contributed by atoms with Crippen LogP contribution in [0, 0.1) is 12.7 Å². The highest BCUT2D eigenvalue weighted by Gasteiger charge is 2.42. The van der Waals surface area contributed by atoms with Gasteiger partial charge in [0.25, 0.3) is 5.91 Å². The van der Waals surface area contributed by atoms with Crippen LogP contribution in [0.1, 0.15) is 27.9 Å². The minimum absolute atomic E-state index is 0.0585. The lowest BCUT2D eigenvalue weighted by molar-refractivity contribution is 0.0750. The molecule has 0 radical (unpaired) electrons. The summed E-state index contributed by atoms with van der Waals surface area (Å²) in [6, 6.07) is 7.43. The maximum Gasteiger partial charge on any atom is 0.254 e. The summed E-state index contributed by atoms with van der Waals surface area (Å²) >= 11 is 0. The molecule has 1 aromatic carbocycles. The average molecular weight is 302 g/mol. The molecule has 1 saturated heterocycles. The molecule has 1 fully saturated rings. The van der Waals surface area contributed by atoms with E-state index in [1.807, 2.05) is 0 Å². The standard InChI is InChI=1S/C17H16F2N2O/c1-12-8-14(10-15(18)9-12)17(19)4-7-21(11-17)16(22)13-2-5-20-6-3-13/h2-3,5-6,8-10H,4,7,11H2,1H3/t17-/m1/s1. The van der Waals surface area contributed by atoms with E-state index >= 15 is 4.39 Å². The molecule has 0 aliphatic carbocycles. The van der Waals surface area contributed by atoms with Gasteiger partial charge in [0.1, 0.15) is 5.82 Å². The monoisotopic (exact) mass is 302 g/mol. The molecule has 1 aromatic heterocycles. The molecule has 0 unspecified atom stereocenters. The number of hydrogen-bond acceptors (Lipinski definition) is 2. The second-order valence-corrected chi connectivity index (χ2v) is 5.70. The molecule has 3 rings (SSSR count). The Labute approximate surface area is 127 Å². The molecule has 114 valence electrons. The smallest absolute Gasteiger partial charge is 0.254 e. The molecule has 2 aromatic rings. The molecule has 3 nitrogen and oxygen atoms in total. The van der Waals surface area contributed by atoms with E-state index in [2.05, 4.69) is 4.98 Å². The van der Waals surface area contributed by atoms with Crippen LogP contribution in [0.3, 0.4) is 0 Å². The molecule has 0 spiro atoms. The van der Waals surface area contributed by atoms with E-state index in [0.29, 0.717) is 23.2 Å². The van der Waals surface area contributed by atoms with Gasteiger partial charge in [-0.1, -0.05) is 6.07 Å². The molecular weight excluding hydrogens is 286 g/mol. The van der Waals surface area contributed by atoms with Crippen molar-refractivity contribution in [2.45, 2.75) is 19.0 Å². The van der Waals surface area contributed by atoms with Gasteiger partial charge in [-0.15, -0.1) is 0 Å². The zero-order valence-electron chi connectivity index (χ0n) is 12.2. The number of amides is 1. The van der Waals surface area contributed by atoms with E-state index < -0.39 is 11.5 Å². The van der Waals surface area contributed by atoms with Crippen LogP contribution in [-0.2, 0) is 5.67 Å². The largest absolute Gasteiger partial charge is 0.335 e. The second-order valence-electron chi connectivity index (χ2n) is 5.70. The maximum atomic E-state index is 15.2. The molecule has 22 heavy (non-hydrogen) atoms. The normalized spacial score (nSPS) is 21.1. The Balaban J connectivity index is 1.83. The number of pyridine rings is 1. The first kappa shape index (κ1) is 14.6. The zero-order chi connectivity index (χ0) is 15.7. The van der Waals surface area contributed by atoms with Gasteiger partial charge < -0.3 is 4.90 Å². The van der Waals surface area contributed by atoms with Gasteiger partial charge in [-0.2, -0.15) is 0 Å². The van der Waals surface area contributed by atoms with Crippen LogP contribution in [-0.4, -0.2) is 28.9 Å². The van der Waals surface area contributed by atoms with Crippen molar-refractivity contribution in [1.82, 2.24) is 9.88 Å². The number of halogens is 2. The van der Waals surface area contributed by atoms with Gasteiger partial charge in [0.2, 0.25) is 0 Å². The Morgan fingerprint density at radius 3 is 2.68 bits per heavy atom.